The van der Waals surface area contributed by atoms with Crippen LogP contribution in [-0.2, 0) is 12.8 Å². The van der Waals surface area contributed by atoms with Crippen molar-refractivity contribution in [3.8, 4) is 0 Å². The van der Waals surface area contributed by atoms with Crippen LogP contribution in [0.4, 0.5) is 0 Å². The first kappa shape index (κ1) is 18.2. The number of hydrogen-bond acceptors (Lipinski definition) is 2. The Labute approximate surface area is 162 Å². The Morgan fingerprint density at radius 3 is 2.30 bits per heavy atom. The monoisotopic (exact) mass is 362 g/mol. The largest absolute Gasteiger partial charge is 0.339 e. The third kappa shape index (κ3) is 4.41. The van der Waals surface area contributed by atoms with Gasteiger partial charge in [-0.3, -0.25) is 4.79 Å². The van der Waals surface area contributed by atoms with Gasteiger partial charge in [-0.2, -0.15) is 0 Å². The third-order valence-corrected chi connectivity index (χ3v) is 6.17. The molecule has 0 spiro atoms. The summed E-state index contributed by atoms with van der Waals surface area (Å²) >= 11 is 0. The molecule has 1 amide bonds. The van der Waals surface area contributed by atoms with Gasteiger partial charge in [0.1, 0.15) is 0 Å². The van der Waals surface area contributed by atoms with E-state index < -0.39 is 0 Å². The first-order chi connectivity index (χ1) is 13.2. The number of carbonyl (C=O) groups excluding carboxylic acids is 1. The molecule has 2 aromatic carbocycles. The fraction of sp³-hybridized carbons (Fsp3) is 0.458. The Kier molecular flexibility index (Phi) is 5.58. The Bertz CT molecular complexity index is 767. The topological polar surface area (TPSA) is 32.3 Å². The average Bonchev–Trinajstić information content (AvgIpc) is 3.11. The number of piperidine rings is 1. The lowest BCUT2D eigenvalue weighted by Gasteiger charge is -2.32. The van der Waals surface area contributed by atoms with Crippen LogP contribution in [0.15, 0.2) is 48.5 Å². The highest BCUT2D eigenvalue weighted by molar-refractivity contribution is 5.94. The van der Waals surface area contributed by atoms with E-state index in [0.717, 1.165) is 56.1 Å². The van der Waals surface area contributed by atoms with Gasteiger partial charge in [0.15, 0.2) is 0 Å². The number of hydrogen-bond donors (Lipinski definition) is 1. The first-order valence-corrected chi connectivity index (χ1v) is 10.3. The number of carbonyl (C=O) groups is 1. The van der Waals surface area contributed by atoms with Crippen molar-refractivity contribution in [1.82, 2.24) is 10.2 Å². The molecule has 0 aromatic heterocycles. The van der Waals surface area contributed by atoms with Crippen LogP contribution >= 0.6 is 0 Å². The highest BCUT2D eigenvalue weighted by Gasteiger charge is 2.24. The van der Waals surface area contributed by atoms with Gasteiger partial charge in [-0.15, -0.1) is 0 Å². The van der Waals surface area contributed by atoms with Crippen molar-refractivity contribution in [1.29, 1.82) is 0 Å². The lowest BCUT2D eigenvalue weighted by Crippen LogP contribution is -2.41. The maximum atomic E-state index is 12.7. The van der Waals surface area contributed by atoms with E-state index >= 15 is 0 Å². The second-order valence-electron chi connectivity index (χ2n) is 8.31. The normalized spacial score (nSPS) is 17.9. The molecule has 1 fully saturated rings. The zero-order valence-electron chi connectivity index (χ0n) is 16.3. The van der Waals surface area contributed by atoms with E-state index in [-0.39, 0.29) is 5.91 Å². The predicted molar refractivity (Wildman–Crippen MR) is 110 cm³/mol. The summed E-state index contributed by atoms with van der Waals surface area (Å²) in [5.74, 6) is 1.62. The number of fused-ring (bicyclic) bond motifs is 1. The lowest BCUT2D eigenvalue weighted by molar-refractivity contribution is 0.0689. The molecule has 2 aliphatic rings. The minimum absolute atomic E-state index is 0.189. The molecule has 1 aliphatic carbocycles. The van der Waals surface area contributed by atoms with E-state index in [0.29, 0.717) is 5.92 Å². The van der Waals surface area contributed by atoms with Crippen molar-refractivity contribution in [3.05, 3.63) is 70.8 Å². The molecule has 3 nitrogen and oxygen atoms in total. The highest BCUT2D eigenvalue weighted by Crippen LogP contribution is 2.26. The van der Waals surface area contributed by atoms with Crippen molar-refractivity contribution in [2.75, 3.05) is 26.2 Å². The summed E-state index contributed by atoms with van der Waals surface area (Å²) in [5, 5.41) is 3.71. The lowest BCUT2D eigenvalue weighted by atomic mass is 9.95. The second-order valence-corrected chi connectivity index (χ2v) is 8.31. The summed E-state index contributed by atoms with van der Waals surface area (Å²) < 4.78 is 0. The van der Waals surface area contributed by atoms with E-state index in [1.807, 2.05) is 36.1 Å². The van der Waals surface area contributed by atoms with Crippen LogP contribution in [0.1, 0.15) is 39.9 Å². The molecule has 0 atom stereocenters. The summed E-state index contributed by atoms with van der Waals surface area (Å²) in [7, 11) is 0. The molecule has 3 heteroatoms. The van der Waals surface area contributed by atoms with Gasteiger partial charge in [0.25, 0.3) is 5.91 Å². The fourth-order valence-electron chi connectivity index (χ4n) is 4.59. The Balaban J connectivity index is 1.19. The number of rotatable bonds is 5. The van der Waals surface area contributed by atoms with Crippen LogP contribution in [0.2, 0.25) is 0 Å². The number of aryl methyl sites for hydroxylation is 1. The van der Waals surface area contributed by atoms with Gasteiger partial charge in [0, 0.05) is 18.7 Å². The molecule has 1 aliphatic heterocycles. The van der Waals surface area contributed by atoms with E-state index in [1.165, 1.54) is 24.0 Å². The molecule has 4 rings (SSSR count). The van der Waals surface area contributed by atoms with Crippen molar-refractivity contribution in [2.45, 2.75) is 32.6 Å². The van der Waals surface area contributed by atoms with Crippen LogP contribution in [0.5, 0.6) is 0 Å². The van der Waals surface area contributed by atoms with Crippen molar-refractivity contribution >= 4 is 5.91 Å². The minimum atomic E-state index is 0.189. The fourth-order valence-corrected chi connectivity index (χ4v) is 4.59. The molecular weight excluding hydrogens is 332 g/mol. The number of likely N-dealkylation sites (tertiary alicyclic amines) is 1. The first-order valence-electron chi connectivity index (χ1n) is 10.3. The molecule has 0 bridgehead atoms. The average molecular weight is 363 g/mol. The van der Waals surface area contributed by atoms with Gasteiger partial charge in [0.05, 0.1) is 0 Å². The minimum Gasteiger partial charge on any atom is -0.339 e. The van der Waals surface area contributed by atoms with E-state index in [9.17, 15) is 4.79 Å². The van der Waals surface area contributed by atoms with E-state index in [1.54, 1.807) is 0 Å². The molecule has 1 heterocycles. The molecule has 142 valence electrons. The zero-order chi connectivity index (χ0) is 18.6. The van der Waals surface area contributed by atoms with Crippen LogP contribution in [-0.4, -0.2) is 37.0 Å². The summed E-state index contributed by atoms with van der Waals surface area (Å²) in [6.07, 6.45) is 4.64. The van der Waals surface area contributed by atoms with Gasteiger partial charge < -0.3 is 10.2 Å². The summed E-state index contributed by atoms with van der Waals surface area (Å²) in [6, 6.07) is 16.8. The van der Waals surface area contributed by atoms with Crippen molar-refractivity contribution in [3.63, 3.8) is 0 Å². The molecule has 1 N–H and O–H groups in total. The zero-order valence-corrected chi connectivity index (χ0v) is 16.3. The van der Waals surface area contributed by atoms with Gasteiger partial charge in [0.2, 0.25) is 0 Å². The molecule has 0 saturated carbocycles. The Morgan fingerprint density at radius 1 is 0.963 bits per heavy atom. The standard InChI is InChI=1S/C24H30N2O/c1-18-5-4-8-23(13-18)24(27)26-11-9-19(10-12-26)16-25-17-20-14-21-6-2-3-7-22(21)15-20/h2-8,13,19-20,25H,9-12,14-17H2,1H3. The second kappa shape index (κ2) is 8.26. The molecule has 0 unspecified atom stereocenters. The van der Waals surface area contributed by atoms with Crippen LogP contribution in [0.25, 0.3) is 0 Å². The number of nitrogens with zero attached hydrogens (tertiary/aromatic N) is 1. The van der Waals surface area contributed by atoms with Gasteiger partial charge >= 0.3 is 0 Å². The smallest absolute Gasteiger partial charge is 0.253 e. The third-order valence-electron chi connectivity index (χ3n) is 6.17. The molecular formula is C24H30N2O. The Morgan fingerprint density at radius 2 is 1.63 bits per heavy atom. The van der Waals surface area contributed by atoms with Crippen molar-refractivity contribution in [2.24, 2.45) is 11.8 Å². The number of benzene rings is 2. The van der Waals surface area contributed by atoms with Gasteiger partial charge in [-0.1, -0.05) is 42.0 Å². The van der Waals surface area contributed by atoms with Crippen LogP contribution < -0.4 is 5.32 Å². The predicted octanol–water partition coefficient (Wildman–Crippen LogP) is 3.85. The van der Waals surface area contributed by atoms with Gasteiger partial charge in [-0.25, -0.2) is 0 Å². The Hall–Kier alpha value is -2.13. The highest BCUT2D eigenvalue weighted by atomic mass is 16.2. The number of amides is 1. The summed E-state index contributed by atoms with van der Waals surface area (Å²) in [6.45, 7) is 6.00. The van der Waals surface area contributed by atoms with Crippen LogP contribution in [0, 0.1) is 18.8 Å². The summed E-state index contributed by atoms with van der Waals surface area (Å²) in [5.41, 5.74) is 5.04. The molecule has 27 heavy (non-hydrogen) atoms. The molecule has 2 aromatic rings. The SMILES string of the molecule is Cc1cccc(C(=O)N2CCC(CNCC3Cc4ccccc4C3)CC2)c1. The maximum absolute atomic E-state index is 12.7. The summed E-state index contributed by atoms with van der Waals surface area (Å²) in [4.78, 5) is 14.7. The quantitative estimate of drug-likeness (QED) is 0.876. The molecule has 1 saturated heterocycles. The number of nitrogens with one attached hydrogen (secondary N) is 1. The van der Waals surface area contributed by atoms with Crippen LogP contribution in [0.3, 0.4) is 0 Å². The van der Waals surface area contributed by atoms with Gasteiger partial charge in [-0.05, 0) is 80.8 Å². The van der Waals surface area contributed by atoms with Crippen molar-refractivity contribution < 1.29 is 4.79 Å². The van der Waals surface area contributed by atoms with E-state index in [2.05, 4.69) is 29.6 Å². The molecule has 0 radical (unpaired) electrons. The van der Waals surface area contributed by atoms with E-state index in [4.69, 9.17) is 0 Å². The maximum Gasteiger partial charge on any atom is 0.253 e.